The van der Waals surface area contributed by atoms with E-state index in [1.807, 2.05) is 12.1 Å². The first-order valence-corrected chi connectivity index (χ1v) is 7.12. The highest BCUT2D eigenvalue weighted by Crippen LogP contribution is 2.39. The van der Waals surface area contributed by atoms with Gasteiger partial charge in [0.25, 0.3) is 0 Å². The van der Waals surface area contributed by atoms with E-state index in [1.165, 1.54) is 12.8 Å². The molecule has 19 heavy (non-hydrogen) atoms. The summed E-state index contributed by atoms with van der Waals surface area (Å²) in [4.78, 5) is 13.9. The molecule has 2 atom stereocenters. The number of nitrogens with one attached hydrogen (secondary N) is 1. The molecule has 0 aromatic heterocycles. The Morgan fingerprint density at radius 2 is 2.32 bits per heavy atom. The number of carbonyl (C=O) groups is 1. The van der Waals surface area contributed by atoms with Crippen LogP contribution in [-0.2, 0) is 4.79 Å². The monoisotopic (exact) mass is 279 g/mol. The van der Waals surface area contributed by atoms with E-state index in [2.05, 4.69) is 17.1 Å². The normalized spacial score (nSPS) is 25.6. The molecule has 1 fully saturated rings. The van der Waals surface area contributed by atoms with E-state index in [1.54, 1.807) is 0 Å². The van der Waals surface area contributed by atoms with Crippen LogP contribution in [0.2, 0.25) is 5.02 Å². The smallest absolute Gasteiger partial charge is 0.245 e. The molecule has 1 amide bonds. The van der Waals surface area contributed by atoms with Crippen molar-refractivity contribution in [2.75, 3.05) is 23.3 Å². The Bertz CT molecular complexity index is 532. The second-order valence-corrected chi connectivity index (χ2v) is 5.77. The van der Waals surface area contributed by atoms with Crippen LogP contribution in [0.25, 0.3) is 0 Å². The molecule has 1 aromatic carbocycles. The van der Waals surface area contributed by atoms with Gasteiger partial charge in [-0.25, -0.2) is 0 Å². The van der Waals surface area contributed by atoms with Crippen molar-refractivity contribution in [3.8, 4) is 0 Å². The minimum Gasteiger partial charge on any atom is -0.370 e. The lowest BCUT2D eigenvalue weighted by atomic mass is 10.1. The second-order valence-electron chi connectivity index (χ2n) is 5.37. The van der Waals surface area contributed by atoms with E-state index in [4.69, 9.17) is 17.3 Å². The summed E-state index contributed by atoms with van der Waals surface area (Å²) in [7, 11) is 0. The first-order valence-electron chi connectivity index (χ1n) is 6.75. The van der Waals surface area contributed by atoms with E-state index in [-0.39, 0.29) is 5.91 Å². The van der Waals surface area contributed by atoms with Gasteiger partial charge in [0, 0.05) is 24.3 Å². The van der Waals surface area contributed by atoms with Gasteiger partial charge in [0.1, 0.15) is 6.04 Å². The van der Waals surface area contributed by atoms with Gasteiger partial charge in [-0.15, -0.1) is 0 Å². The fourth-order valence-electron chi connectivity index (χ4n) is 2.92. The number of anilines is 2. The molecule has 0 radical (unpaired) electrons. The highest BCUT2D eigenvalue weighted by Gasteiger charge is 2.30. The molecule has 4 nitrogen and oxygen atoms in total. The lowest BCUT2D eigenvalue weighted by Crippen LogP contribution is -2.20. The molecule has 102 valence electrons. The number of rotatable bonds is 2. The molecule has 2 aliphatic rings. The Morgan fingerprint density at radius 1 is 1.53 bits per heavy atom. The van der Waals surface area contributed by atoms with Gasteiger partial charge in [-0.05, 0) is 24.5 Å². The minimum atomic E-state index is -0.594. The molecule has 2 heterocycles. The Balaban J connectivity index is 1.92. The third kappa shape index (κ3) is 2.09. The number of nitrogens with zero attached hydrogens (tertiary/aromatic N) is 1. The summed E-state index contributed by atoms with van der Waals surface area (Å²) in [5.74, 6) is 0.581. The zero-order valence-corrected chi connectivity index (χ0v) is 11.7. The number of carbonyl (C=O) groups excluding carboxylic acids is 1. The lowest BCUT2D eigenvalue weighted by Gasteiger charge is -2.21. The van der Waals surface area contributed by atoms with Crippen LogP contribution >= 0.6 is 11.6 Å². The summed E-state index contributed by atoms with van der Waals surface area (Å²) in [6.07, 6.45) is 2.40. The number of hydrogen-bond donors (Lipinski definition) is 2. The zero-order valence-electron chi connectivity index (χ0n) is 10.9. The van der Waals surface area contributed by atoms with Gasteiger partial charge in [-0.3, -0.25) is 4.79 Å². The van der Waals surface area contributed by atoms with Gasteiger partial charge < -0.3 is 16.0 Å². The molecule has 2 aliphatic heterocycles. The summed E-state index contributed by atoms with van der Waals surface area (Å²) < 4.78 is 0. The van der Waals surface area contributed by atoms with Gasteiger partial charge in [0.15, 0.2) is 0 Å². The van der Waals surface area contributed by atoms with E-state index in [9.17, 15) is 4.79 Å². The molecular formula is C14H18ClN3O. The zero-order chi connectivity index (χ0) is 13.6. The van der Waals surface area contributed by atoms with Crippen molar-refractivity contribution in [1.82, 2.24) is 0 Å². The van der Waals surface area contributed by atoms with Crippen molar-refractivity contribution in [3.63, 3.8) is 0 Å². The van der Waals surface area contributed by atoms with Crippen LogP contribution in [0.15, 0.2) is 12.1 Å². The molecule has 0 aliphatic carbocycles. The molecule has 0 bridgehead atoms. The summed E-state index contributed by atoms with van der Waals surface area (Å²) in [5, 5.41) is 3.50. The van der Waals surface area contributed by atoms with Crippen LogP contribution in [0.1, 0.15) is 31.4 Å². The van der Waals surface area contributed by atoms with Crippen LogP contribution in [0, 0.1) is 5.92 Å². The molecule has 3 rings (SSSR count). The van der Waals surface area contributed by atoms with Crippen LogP contribution in [0.5, 0.6) is 0 Å². The number of hydrogen-bond acceptors (Lipinski definition) is 3. The van der Waals surface area contributed by atoms with Crippen molar-refractivity contribution in [1.29, 1.82) is 0 Å². The maximum absolute atomic E-state index is 11.6. The highest BCUT2D eigenvalue weighted by molar-refractivity contribution is 6.33. The van der Waals surface area contributed by atoms with Crippen molar-refractivity contribution in [2.45, 2.75) is 25.8 Å². The van der Waals surface area contributed by atoms with Gasteiger partial charge in [0.2, 0.25) is 5.91 Å². The van der Waals surface area contributed by atoms with E-state index < -0.39 is 6.04 Å². The van der Waals surface area contributed by atoms with E-state index in [0.29, 0.717) is 5.02 Å². The molecule has 1 saturated heterocycles. The summed E-state index contributed by atoms with van der Waals surface area (Å²) >= 11 is 6.36. The summed E-state index contributed by atoms with van der Waals surface area (Å²) in [6.45, 7) is 4.28. The predicted octanol–water partition coefficient (Wildman–Crippen LogP) is 2.53. The van der Waals surface area contributed by atoms with Crippen LogP contribution in [-0.4, -0.2) is 19.0 Å². The largest absolute Gasteiger partial charge is 0.370 e. The number of benzene rings is 1. The van der Waals surface area contributed by atoms with E-state index >= 15 is 0 Å². The van der Waals surface area contributed by atoms with Gasteiger partial charge in [0.05, 0.1) is 10.7 Å². The first-order chi connectivity index (χ1) is 9.10. The van der Waals surface area contributed by atoms with Gasteiger partial charge in [-0.1, -0.05) is 24.9 Å². The maximum Gasteiger partial charge on any atom is 0.245 e. The number of nitrogens with two attached hydrogens (primary N) is 1. The molecular weight excluding hydrogens is 262 g/mol. The Morgan fingerprint density at radius 3 is 3.00 bits per heavy atom. The fourth-order valence-corrected chi connectivity index (χ4v) is 3.21. The SMILES string of the molecule is CCC1CCN(c2cc3c(cc2Cl)C(N)C(=O)N3)C1. The standard InChI is InChI=1S/C14H18ClN3O/c1-2-8-3-4-18(7-8)12-6-11-9(5-10(12)15)13(16)14(19)17-11/h5-6,8,13H,2-4,7,16H2,1H3,(H,17,19). The lowest BCUT2D eigenvalue weighted by molar-refractivity contribution is -0.116. The molecule has 0 spiro atoms. The quantitative estimate of drug-likeness (QED) is 0.875. The average molecular weight is 280 g/mol. The van der Waals surface area contributed by atoms with E-state index in [0.717, 1.165) is 35.9 Å². The number of halogens is 1. The molecule has 0 saturated carbocycles. The van der Waals surface area contributed by atoms with Crippen molar-refractivity contribution >= 4 is 28.9 Å². The highest BCUT2D eigenvalue weighted by atomic mass is 35.5. The van der Waals surface area contributed by atoms with Crippen LogP contribution < -0.4 is 16.0 Å². The van der Waals surface area contributed by atoms with Crippen molar-refractivity contribution in [2.24, 2.45) is 11.7 Å². The van der Waals surface area contributed by atoms with Crippen molar-refractivity contribution in [3.05, 3.63) is 22.7 Å². The topological polar surface area (TPSA) is 58.4 Å². The second kappa shape index (κ2) is 4.69. The maximum atomic E-state index is 11.6. The summed E-state index contributed by atoms with van der Waals surface area (Å²) in [5.41, 5.74) is 8.43. The number of amides is 1. The molecule has 2 unspecified atom stereocenters. The van der Waals surface area contributed by atoms with Crippen LogP contribution in [0.3, 0.4) is 0 Å². The Hall–Kier alpha value is -1.26. The third-order valence-corrected chi connectivity index (χ3v) is 4.50. The fraction of sp³-hybridized carbons (Fsp3) is 0.500. The molecule has 5 heteroatoms. The average Bonchev–Trinajstić information content (AvgIpc) is 2.96. The Labute approximate surface area is 117 Å². The third-order valence-electron chi connectivity index (χ3n) is 4.20. The molecule has 1 aromatic rings. The van der Waals surface area contributed by atoms with Gasteiger partial charge in [-0.2, -0.15) is 0 Å². The van der Waals surface area contributed by atoms with Gasteiger partial charge >= 0.3 is 0 Å². The molecule has 3 N–H and O–H groups in total. The minimum absolute atomic E-state index is 0.156. The number of fused-ring (bicyclic) bond motifs is 1. The van der Waals surface area contributed by atoms with Crippen molar-refractivity contribution < 1.29 is 4.79 Å². The van der Waals surface area contributed by atoms with Crippen LogP contribution in [0.4, 0.5) is 11.4 Å². The summed E-state index contributed by atoms with van der Waals surface area (Å²) in [6, 6.07) is 3.19. The predicted molar refractivity (Wildman–Crippen MR) is 77.6 cm³/mol. The first kappa shape index (κ1) is 12.8. The Kier molecular flexibility index (Phi) is 3.15.